The van der Waals surface area contributed by atoms with Crippen LogP contribution >= 0.6 is 0 Å². The summed E-state index contributed by atoms with van der Waals surface area (Å²) in [7, 11) is -3.17. The Morgan fingerprint density at radius 3 is 2.67 bits per heavy atom. The molecule has 15 heavy (non-hydrogen) atoms. The summed E-state index contributed by atoms with van der Waals surface area (Å²) in [6.45, 7) is 5.31. The summed E-state index contributed by atoms with van der Waals surface area (Å²) in [4.78, 5) is 0. The quantitative estimate of drug-likeness (QED) is 0.830. The fraction of sp³-hybridized carbons (Fsp3) is 0.273. The van der Waals surface area contributed by atoms with Gasteiger partial charge in [-0.3, -0.25) is 0 Å². The number of sulfone groups is 1. The van der Waals surface area contributed by atoms with Gasteiger partial charge in [0.2, 0.25) is 0 Å². The van der Waals surface area contributed by atoms with Gasteiger partial charge in [0.05, 0.1) is 5.25 Å². The third kappa shape index (κ3) is 3.40. The highest BCUT2D eigenvalue weighted by atomic mass is 32.2. The van der Waals surface area contributed by atoms with Gasteiger partial charge in [-0.2, -0.15) is 0 Å². The van der Waals surface area contributed by atoms with Gasteiger partial charge in [-0.1, -0.05) is 18.7 Å². The second-order valence-corrected chi connectivity index (χ2v) is 5.55. The number of nitrogens with one attached hydrogen (secondary N) is 1. The first-order chi connectivity index (χ1) is 7.06. The van der Waals surface area contributed by atoms with Crippen LogP contribution in [0.5, 0.6) is 0 Å². The second-order valence-electron chi connectivity index (χ2n) is 3.24. The lowest BCUT2D eigenvalue weighted by atomic mass is 10.3. The molecule has 1 aromatic rings. The first-order valence-electron chi connectivity index (χ1n) is 4.62. The molecule has 0 aliphatic carbocycles. The maximum atomic E-state index is 11.4. The Kier molecular flexibility index (Phi) is 3.91. The molecule has 1 rings (SSSR count). The molecule has 0 fully saturated rings. The number of hydrogen-bond donors (Lipinski definition) is 1. The number of hydrogen-bond acceptors (Lipinski definition) is 3. The van der Waals surface area contributed by atoms with E-state index >= 15 is 0 Å². The predicted octanol–water partition coefficient (Wildman–Crippen LogP) is 1.85. The van der Waals surface area contributed by atoms with E-state index in [-0.39, 0.29) is 0 Å². The molecular weight excluding hydrogens is 210 g/mol. The van der Waals surface area contributed by atoms with Crippen molar-refractivity contribution in [2.75, 3.05) is 11.9 Å². The fourth-order valence-corrected chi connectivity index (χ4v) is 1.69. The number of rotatable bonds is 5. The lowest BCUT2D eigenvalue weighted by Crippen LogP contribution is -2.24. The monoisotopic (exact) mass is 224 g/mol. The normalized spacial score (nSPS) is 13.1. The van der Waals surface area contributed by atoms with Crippen LogP contribution < -0.4 is 5.32 Å². The topological polar surface area (TPSA) is 46.2 Å². The number of benzene rings is 1. The van der Waals surface area contributed by atoms with Crippen LogP contribution in [0.15, 0.2) is 36.3 Å². The fourth-order valence-electron chi connectivity index (χ4n) is 1.05. The highest BCUT2D eigenvalue weighted by molar-refractivity contribution is 7.94. The summed E-state index contributed by atoms with van der Waals surface area (Å²) < 4.78 is 22.7. The zero-order valence-electron chi connectivity index (χ0n) is 8.60. The van der Waals surface area contributed by atoms with Crippen molar-refractivity contribution in [3.63, 3.8) is 0 Å². The molecule has 0 bridgehead atoms. The van der Waals surface area contributed by atoms with Crippen LogP contribution in [0.25, 0.3) is 0 Å². The summed E-state index contributed by atoms with van der Waals surface area (Å²) >= 11 is 0. The smallest absolute Gasteiger partial charge is 0.175 e. The molecule has 0 heterocycles. The standard InChI is InChI=1S/C11H14NO2S/c1-3-15(13,14)10(2)9-12-11-7-5-4-6-8-11/h3,5-8,10,12H,1,9H2,2H3. The lowest BCUT2D eigenvalue weighted by molar-refractivity contribution is 0.594. The van der Waals surface area contributed by atoms with Crippen molar-refractivity contribution in [1.29, 1.82) is 0 Å². The summed E-state index contributed by atoms with van der Waals surface area (Å²) in [6.07, 6.45) is 0. The van der Waals surface area contributed by atoms with Crippen LogP contribution in [0, 0.1) is 6.07 Å². The maximum Gasteiger partial charge on any atom is 0.175 e. The predicted molar refractivity (Wildman–Crippen MR) is 62.3 cm³/mol. The van der Waals surface area contributed by atoms with Crippen molar-refractivity contribution in [2.24, 2.45) is 0 Å². The molecule has 4 heteroatoms. The minimum atomic E-state index is -3.17. The molecule has 0 aromatic heterocycles. The first-order valence-corrected chi connectivity index (χ1v) is 6.23. The molecule has 0 saturated heterocycles. The van der Waals surface area contributed by atoms with Crippen molar-refractivity contribution in [3.05, 3.63) is 42.3 Å². The van der Waals surface area contributed by atoms with Gasteiger partial charge in [0.15, 0.2) is 9.84 Å². The van der Waals surface area contributed by atoms with E-state index in [1.54, 1.807) is 19.1 Å². The molecule has 1 aromatic carbocycles. The van der Waals surface area contributed by atoms with E-state index in [0.29, 0.717) is 6.54 Å². The van der Waals surface area contributed by atoms with Gasteiger partial charge < -0.3 is 5.32 Å². The van der Waals surface area contributed by atoms with Crippen LogP contribution in [0.2, 0.25) is 0 Å². The van der Waals surface area contributed by atoms with Crippen LogP contribution in [-0.2, 0) is 9.84 Å². The highest BCUT2D eigenvalue weighted by Gasteiger charge is 2.15. The van der Waals surface area contributed by atoms with Gasteiger partial charge >= 0.3 is 0 Å². The van der Waals surface area contributed by atoms with Crippen LogP contribution in [0.1, 0.15) is 6.92 Å². The highest BCUT2D eigenvalue weighted by Crippen LogP contribution is 2.07. The Labute approximate surface area is 90.7 Å². The van der Waals surface area contributed by atoms with Crippen molar-refractivity contribution < 1.29 is 8.42 Å². The Morgan fingerprint density at radius 1 is 1.53 bits per heavy atom. The van der Waals surface area contributed by atoms with Crippen molar-refractivity contribution >= 4 is 15.5 Å². The zero-order valence-corrected chi connectivity index (χ0v) is 9.42. The molecule has 0 amide bonds. The Morgan fingerprint density at radius 2 is 2.13 bits per heavy atom. The third-order valence-electron chi connectivity index (χ3n) is 2.11. The Bertz CT molecular complexity index is 411. The number of anilines is 1. The van der Waals surface area contributed by atoms with E-state index in [1.807, 2.05) is 12.1 Å². The molecular formula is C11H14NO2S. The van der Waals surface area contributed by atoms with E-state index in [2.05, 4.69) is 18.0 Å². The molecule has 81 valence electrons. The van der Waals surface area contributed by atoms with Crippen molar-refractivity contribution in [2.45, 2.75) is 12.2 Å². The lowest BCUT2D eigenvalue weighted by Gasteiger charge is -2.11. The van der Waals surface area contributed by atoms with Crippen LogP contribution in [0.4, 0.5) is 5.69 Å². The van der Waals surface area contributed by atoms with Gasteiger partial charge in [-0.25, -0.2) is 8.42 Å². The third-order valence-corrected chi connectivity index (χ3v) is 3.86. The molecule has 0 spiro atoms. The Balaban J connectivity index is 2.55. The first kappa shape index (κ1) is 11.8. The SMILES string of the molecule is C=CS(=O)(=O)C(C)CNc1cc[c]cc1. The summed E-state index contributed by atoms with van der Waals surface area (Å²) in [5, 5.41) is 3.56. The van der Waals surface area contributed by atoms with Gasteiger partial charge in [0.25, 0.3) is 0 Å². The molecule has 0 aliphatic heterocycles. The van der Waals surface area contributed by atoms with Gasteiger partial charge in [0, 0.05) is 17.6 Å². The van der Waals surface area contributed by atoms with Crippen molar-refractivity contribution in [1.82, 2.24) is 0 Å². The van der Waals surface area contributed by atoms with E-state index in [1.165, 1.54) is 0 Å². The van der Waals surface area contributed by atoms with E-state index < -0.39 is 15.1 Å². The minimum absolute atomic E-state index is 0.373. The van der Waals surface area contributed by atoms with E-state index in [4.69, 9.17) is 0 Å². The van der Waals surface area contributed by atoms with Gasteiger partial charge in [-0.15, -0.1) is 0 Å². The molecule has 1 atom stereocenters. The van der Waals surface area contributed by atoms with E-state index in [9.17, 15) is 8.42 Å². The second kappa shape index (κ2) is 4.98. The molecule has 1 unspecified atom stereocenters. The van der Waals surface area contributed by atoms with E-state index in [0.717, 1.165) is 11.1 Å². The average Bonchev–Trinajstić information content (AvgIpc) is 2.27. The van der Waals surface area contributed by atoms with Gasteiger partial charge in [-0.05, 0) is 25.1 Å². The molecule has 0 aliphatic rings. The Hall–Kier alpha value is -1.29. The summed E-state index contributed by atoms with van der Waals surface area (Å²) in [6, 6.07) is 10.1. The summed E-state index contributed by atoms with van der Waals surface area (Å²) in [5.74, 6) is 0. The average molecular weight is 224 g/mol. The molecule has 0 saturated carbocycles. The van der Waals surface area contributed by atoms with Crippen LogP contribution in [0.3, 0.4) is 0 Å². The van der Waals surface area contributed by atoms with Gasteiger partial charge in [0.1, 0.15) is 0 Å². The molecule has 1 N–H and O–H groups in total. The van der Waals surface area contributed by atoms with Crippen LogP contribution in [-0.4, -0.2) is 20.2 Å². The molecule has 1 radical (unpaired) electrons. The molecule has 3 nitrogen and oxygen atoms in total. The van der Waals surface area contributed by atoms with Crippen molar-refractivity contribution in [3.8, 4) is 0 Å². The minimum Gasteiger partial charge on any atom is -0.384 e. The maximum absolute atomic E-state index is 11.4. The summed E-state index contributed by atoms with van der Waals surface area (Å²) in [5.41, 5.74) is 0.889. The largest absolute Gasteiger partial charge is 0.384 e. The zero-order chi connectivity index (χ0) is 11.3.